The van der Waals surface area contributed by atoms with E-state index in [0.29, 0.717) is 5.56 Å². The molecule has 5 nitrogen and oxygen atoms in total. The average molecular weight is 338 g/mol. The second-order valence-electron chi connectivity index (χ2n) is 4.53. The molecular formula is C14H16BrN3O2. The van der Waals surface area contributed by atoms with Gasteiger partial charge in [0.05, 0.1) is 12.8 Å². The molecule has 0 aliphatic heterocycles. The zero-order valence-corrected chi connectivity index (χ0v) is 12.7. The molecule has 20 heavy (non-hydrogen) atoms. The van der Waals surface area contributed by atoms with Crippen molar-refractivity contribution < 1.29 is 9.21 Å². The normalized spacial score (nSPS) is 10.8. The molecule has 1 aromatic heterocycles. The number of carbonyl (C=O) groups is 1. The number of rotatable bonds is 5. The molecule has 1 amide bonds. The maximum atomic E-state index is 11.4. The first-order chi connectivity index (χ1) is 9.60. The molecular weight excluding hydrogens is 322 g/mol. The minimum atomic E-state index is -0.304. The Morgan fingerprint density at radius 2 is 2.20 bits per heavy atom. The van der Waals surface area contributed by atoms with Gasteiger partial charge in [-0.05, 0) is 36.9 Å². The van der Waals surface area contributed by atoms with Crippen LogP contribution in [-0.2, 0) is 13.1 Å². The lowest BCUT2D eigenvalue weighted by molar-refractivity contribution is 0.0953. The molecule has 0 aliphatic carbocycles. The zero-order valence-electron chi connectivity index (χ0n) is 11.1. The van der Waals surface area contributed by atoms with Crippen molar-refractivity contribution in [2.75, 3.05) is 7.05 Å². The molecule has 0 saturated carbocycles. The third-order valence-corrected chi connectivity index (χ3v) is 3.63. The van der Waals surface area contributed by atoms with E-state index in [-0.39, 0.29) is 5.91 Å². The Balaban J connectivity index is 2.04. The van der Waals surface area contributed by atoms with Crippen molar-refractivity contribution in [2.45, 2.75) is 13.1 Å². The Morgan fingerprint density at radius 3 is 2.80 bits per heavy atom. The minimum Gasteiger partial charge on any atom is -0.468 e. The number of hydrogen-bond donors (Lipinski definition) is 2. The van der Waals surface area contributed by atoms with Crippen molar-refractivity contribution in [3.8, 4) is 0 Å². The van der Waals surface area contributed by atoms with Gasteiger partial charge in [-0.25, -0.2) is 5.84 Å². The molecule has 6 heteroatoms. The fourth-order valence-electron chi connectivity index (χ4n) is 1.92. The first kappa shape index (κ1) is 14.8. The second kappa shape index (κ2) is 6.69. The van der Waals surface area contributed by atoms with Gasteiger partial charge in [-0.3, -0.25) is 15.1 Å². The van der Waals surface area contributed by atoms with Gasteiger partial charge in [0.2, 0.25) is 0 Å². The highest BCUT2D eigenvalue weighted by Gasteiger charge is 2.10. The lowest BCUT2D eigenvalue weighted by atomic mass is 10.1. The molecule has 0 radical (unpaired) electrons. The van der Waals surface area contributed by atoms with E-state index in [1.165, 1.54) is 0 Å². The summed E-state index contributed by atoms with van der Waals surface area (Å²) in [7, 11) is 2.01. The first-order valence-corrected chi connectivity index (χ1v) is 6.89. The van der Waals surface area contributed by atoms with Gasteiger partial charge < -0.3 is 4.42 Å². The number of nitrogens with one attached hydrogen (secondary N) is 1. The highest BCUT2D eigenvalue weighted by atomic mass is 79.9. The highest BCUT2D eigenvalue weighted by Crippen LogP contribution is 2.20. The summed E-state index contributed by atoms with van der Waals surface area (Å²) in [5.74, 6) is 5.73. The van der Waals surface area contributed by atoms with Gasteiger partial charge in [-0.1, -0.05) is 22.0 Å². The Morgan fingerprint density at radius 1 is 1.40 bits per heavy atom. The highest BCUT2D eigenvalue weighted by molar-refractivity contribution is 9.10. The third-order valence-electron chi connectivity index (χ3n) is 2.89. The molecule has 1 heterocycles. The number of amides is 1. The van der Waals surface area contributed by atoms with Crippen LogP contribution in [0.15, 0.2) is 45.5 Å². The van der Waals surface area contributed by atoms with E-state index in [1.54, 1.807) is 18.4 Å². The predicted molar refractivity (Wildman–Crippen MR) is 79.7 cm³/mol. The van der Waals surface area contributed by atoms with Crippen LogP contribution >= 0.6 is 15.9 Å². The third kappa shape index (κ3) is 3.69. The minimum absolute atomic E-state index is 0.304. The summed E-state index contributed by atoms with van der Waals surface area (Å²) in [5.41, 5.74) is 3.73. The topological polar surface area (TPSA) is 71.5 Å². The Hall–Kier alpha value is -1.63. The van der Waals surface area contributed by atoms with E-state index in [1.807, 2.05) is 25.2 Å². The molecule has 2 rings (SSSR count). The van der Waals surface area contributed by atoms with Gasteiger partial charge in [0.15, 0.2) is 0 Å². The fraction of sp³-hybridized carbons (Fsp3) is 0.214. The summed E-state index contributed by atoms with van der Waals surface area (Å²) in [4.78, 5) is 13.6. The van der Waals surface area contributed by atoms with Gasteiger partial charge in [-0.2, -0.15) is 0 Å². The van der Waals surface area contributed by atoms with Gasteiger partial charge in [0, 0.05) is 16.6 Å². The predicted octanol–water partition coefficient (Wildman–Crippen LogP) is 2.28. The SMILES string of the molecule is CN(Cc1ccco1)Cc1ccc(C(=O)NN)cc1Br. The van der Waals surface area contributed by atoms with Crippen LogP contribution in [0, 0.1) is 0 Å². The molecule has 0 aliphatic rings. The molecule has 0 bridgehead atoms. The number of halogens is 1. The van der Waals surface area contributed by atoms with E-state index in [9.17, 15) is 4.79 Å². The Labute approximate surface area is 125 Å². The molecule has 0 unspecified atom stereocenters. The van der Waals surface area contributed by atoms with Crippen LogP contribution in [0.25, 0.3) is 0 Å². The van der Waals surface area contributed by atoms with Crippen LogP contribution in [0.1, 0.15) is 21.7 Å². The first-order valence-electron chi connectivity index (χ1n) is 6.10. The van der Waals surface area contributed by atoms with Gasteiger partial charge in [0.25, 0.3) is 5.91 Å². The van der Waals surface area contributed by atoms with Crippen molar-refractivity contribution >= 4 is 21.8 Å². The summed E-state index contributed by atoms with van der Waals surface area (Å²) < 4.78 is 6.20. The molecule has 0 atom stereocenters. The molecule has 106 valence electrons. The average Bonchev–Trinajstić information content (AvgIpc) is 2.93. The lowest BCUT2D eigenvalue weighted by Gasteiger charge is -2.16. The summed E-state index contributed by atoms with van der Waals surface area (Å²) >= 11 is 3.48. The number of hydrogen-bond acceptors (Lipinski definition) is 4. The second-order valence-corrected chi connectivity index (χ2v) is 5.39. The summed E-state index contributed by atoms with van der Waals surface area (Å²) in [5, 5.41) is 0. The van der Waals surface area contributed by atoms with Gasteiger partial charge >= 0.3 is 0 Å². The molecule has 1 aromatic carbocycles. The van der Waals surface area contributed by atoms with E-state index in [4.69, 9.17) is 10.3 Å². The van der Waals surface area contributed by atoms with Crippen LogP contribution in [0.4, 0.5) is 0 Å². The number of nitrogens with zero attached hydrogens (tertiary/aromatic N) is 1. The molecule has 0 fully saturated rings. The standard InChI is InChI=1S/C14H16BrN3O2/c1-18(9-12-3-2-6-20-12)8-11-5-4-10(7-13(11)15)14(19)17-16/h2-7H,8-9,16H2,1H3,(H,17,19). The molecule has 0 spiro atoms. The van der Waals surface area contributed by atoms with Crippen molar-refractivity contribution in [3.05, 3.63) is 58.0 Å². The molecule has 2 aromatic rings. The van der Waals surface area contributed by atoms with Crippen molar-refractivity contribution in [1.29, 1.82) is 0 Å². The molecule has 3 N–H and O–H groups in total. The van der Waals surface area contributed by atoms with Crippen molar-refractivity contribution in [3.63, 3.8) is 0 Å². The largest absolute Gasteiger partial charge is 0.468 e. The van der Waals surface area contributed by atoms with Crippen molar-refractivity contribution in [2.24, 2.45) is 5.84 Å². The summed E-state index contributed by atoms with van der Waals surface area (Å²) in [6.07, 6.45) is 1.67. The summed E-state index contributed by atoms with van der Waals surface area (Å²) in [6, 6.07) is 9.24. The maximum Gasteiger partial charge on any atom is 0.265 e. The van der Waals surface area contributed by atoms with E-state index in [0.717, 1.165) is 28.9 Å². The van der Waals surface area contributed by atoms with E-state index < -0.39 is 0 Å². The number of furan rings is 1. The number of nitrogen functional groups attached to an aromatic ring is 1. The van der Waals surface area contributed by atoms with E-state index >= 15 is 0 Å². The van der Waals surface area contributed by atoms with Crippen LogP contribution in [0.2, 0.25) is 0 Å². The molecule has 0 saturated heterocycles. The zero-order chi connectivity index (χ0) is 14.5. The maximum absolute atomic E-state index is 11.4. The van der Waals surface area contributed by atoms with Crippen molar-refractivity contribution in [1.82, 2.24) is 10.3 Å². The smallest absolute Gasteiger partial charge is 0.265 e. The van der Waals surface area contributed by atoms with Crippen LogP contribution in [0.5, 0.6) is 0 Å². The number of carbonyl (C=O) groups excluding carboxylic acids is 1. The summed E-state index contributed by atoms with van der Waals surface area (Å²) in [6.45, 7) is 1.47. The Kier molecular flexibility index (Phi) is 4.94. The van der Waals surface area contributed by atoms with Crippen LogP contribution < -0.4 is 11.3 Å². The fourth-order valence-corrected chi connectivity index (χ4v) is 2.42. The number of nitrogens with two attached hydrogens (primary N) is 1. The monoisotopic (exact) mass is 337 g/mol. The van der Waals surface area contributed by atoms with Crippen LogP contribution in [0.3, 0.4) is 0 Å². The number of hydrazine groups is 1. The van der Waals surface area contributed by atoms with E-state index in [2.05, 4.69) is 26.3 Å². The van der Waals surface area contributed by atoms with Crippen LogP contribution in [-0.4, -0.2) is 17.9 Å². The van der Waals surface area contributed by atoms with Gasteiger partial charge in [0.1, 0.15) is 5.76 Å². The number of benzene rings is 1. The lowest BCUT2D eigenvalue weighted by Crippen LogP contribution is -2.30. The van der Waals surface area contributed by atoms with Gasteiger partial charge in [-0.15, -0.1) is 0 Å². The quantitative estimate of drug-likeness (QED) is 0.498. The Bertz CT molecular complexity index is 584.